The molecule has 18 heavy (non-hydrogen) atoms. The molecule has 0 unspecified atom stereocenters. The summed E-state index contributed by atoms with van der Waals surface area (Å²) in [7, 11) is 0. The molecular formula is C12H23F3N2O. The number of halogens is 3. The van der Waals surface area contributed by atoms with Crippen LogP contribution in [-0.2, 0) is 4.79 Å². The van der Waals surface area contributed by atoms with Gasteiger partial charge in [-0.3, -0.25) is 4.79 Å². The summed E-state index contributed by atoms with van der Waals surface area (Å²) in [5, 5.41) is 2.13. The summed E-state index contributed by atoms with van der Waals surface area (Å²) >= 11 is 0. The van der Waals surface area contributed by atoms with Gasteiger partial charge in [-0.05, 0) is 20.3 Å². The molecule has 0 aliphatic rings. The Kier molecular flexibility index (Phi) is 7.98. The summed E-state index contributed by atoms with van der Waals surface area (Å²) in [5.74, 6) is -0.273. The summed E-state index contributed by atoms with van der Waals surface area (Å²) < 4.78 is 35.8. The first-order chi connectivity index (χ1) is 8.28. The van der Waals surface area contributed by atoms with E-state index in [1.54, 1.807) is 4.90 Å². The van der Waals surface area contributed by atoms with Crippen LogP contribution in [0.25, 0.3) is 0 Å². The van der Waals surface area contributed by atoms with Gasteiger partial charge in [-0.15, -0.1) is 0 Å². The molecule has 6 heteroatoms. The van der Waals surface area contributed by atoms with E-state index in [0.29, 0.717) is 6.54 Å². The van der Waals surface area contributed by atoms with Gasteiger partial charge in [0.2, 0.25) is 5.91 Å². The molecule has 1 amide bonds. The van der Waals surface area contributed by atoms with Crippen LogP contribution in [0.15, 0.2) is 0 Å². The van der Waals surface area contributed by atoms with Crippen LogP contribution in [0.5, 0.6) is 0 Å². The van der Waals surface area contributed by atoms with Gasteiger partial charge >= 0.3 is 6.18 Å². The molecule has 108 valence electrons. The molecule has 0 atom stereocenters. The monoisotopic (exact) mass is 268 g/mol. The van der Waals surface area contributed by atoms with E-state index in [1.807, 2.05) is 13.8 Å². The molecule has 0 fully saturated rings. The number of carbonyl (C=O) groups excluding carboxylic acids is 1. The Balaban J connectivity index is 4.06. The molecule has 0 saturated heterocycles. The van der Waals surface area contributed by atoms with Gasteiger partial charge in [-0.2, -0.15) is 13.2 Å². The number of unbranched alkanes of at least 4 members (excludes halogenated alkanes) is 2. The average molecular weight is 268 g/mol. The normalized spacial score (nSPS) is 11.9. The highest BCUT2D eigenvalue weighted by molar-refractivity contribution is 5.78. The molecule has 0 aliphatic carbocycles. The maximum atomic E-state index is 11.9. The number of hydrogen-bond donors (Lipinski definition) is 1. The van der Waals surface area contributed by atoms with Crippen LogP contribution in [0.4, 0.5) is 13.2 Å². The van der Waals surface area contributed by atoms with E-state index in [2.05, 4.69) is 12.2 Å². The molecule has 0 aromatic heterocycles. The summed E-state index contributed by atoms with van der Waals surface area (Å²) in [6, 6.07) is 0.0158. The predicted molar refractivity (Wildman–Crippen MR) is 65.3 cm³/mol. The summed E-state index contributed by atoms with van der Waals surface area (Å²) in [4.78, 5) is 13.4. The van der Waals surface area contributed by atoms with E-state index in [4.69, 9.17) is 0 Å². The topological polar surface area (TPSA) is 32.3 Å². The predicted octanol–water partition coefficient (Wildman–Crippen LogP) is 2.57. The number of carbonyl (C=O) groups is 1. The lowest BCUT2D eigenvalue weighted by Gasteiger charge is -2.27. The third kappa shape index (κ3) is 8.33. The van der Waals surface area contributed by atoms with E-state index in [-0.39, 0.29) is 18.5 Å². The van der Waals surface area contributed by atoms with Gasteiger partial charge < -0.3 is 10.2 Å². The molecule has 1 N–H and O–H groups in total. The number of rotatable bonds is 8. The van der Waals surface area contributed by atoms with Crippen LogP contribution in [0, 0.1) is 0 Å². The van der Waals surface area contributed by atoms with Gasteiger partial charge in [0, 0.05) is 12.6 Å². The molecule has 0 aromatic carbocycles. The van der Waals surface area contributed by atoms with Crippen LogP contribution in [0.1, 0.15) is 40.0 Å². The molecule has 0 aliphatic heterocycles. The third-order valence-corrected chi connectivity index (χ3v) is 2.55. The highest BCUT2D eigenvalue weighted by Gasteiger charge is 2.27. The number of amides is 1. The third-order valence-electron chi connectivity index (χ3n) is 2.55. The zero-order chi connectivity index (χ0) is 14.2. The fourth-order valence-electron chi connectivity index (χ4n) is 1.62. The van der Waals surface area contributed by atoms with E-state index < -0.39 is 12.7 Å². The molecule has 0 heterocycles. The van der Waals surface area contributed by atoms with Crippen LogP contribution in [0.2, 0.25) is 0 Å². The molecule has 0 radical (unpaired) electrons. The molecule has 3 nitrogen and oxygen atoms in total. The summed E-state index contributed by atoms with van der Waals surface area (Å²) in [6.45, 7) is 5.02. The summed E-state index contributed by atoms with van der Waals surface area (Å²) in [5.41, 5.74) is 0. The van der Waals surface area contributed by atoms with Crippen molar-refractivity contribution >= 4 is 5.91 Å². The van der Waals surface area contributed by atoms with Crippen molar-refractivity contribution in [2.45, 2.75) is 52.3 Å². The quantitative estimate of drug-likeness (QED) is 0.686. The summed E-state index contributed by atoms with van der Waals surface area (Å²) in [6.07, 6.45) is -1.32. The van der Waals surface area contributed by atoms with E-state index in [9.17, 15) is 18.0 Å². The van der Waals surface area contributed by atoms with Crippen molar-refractivity contribution in [2.75, 3.05) is 19.6 Å². The van der Waals surface area contributed by atoms with Crippen LogP contribution >= 0.6 is 0 Å². The van der Waals surface area contributed by atoms with Gasteiger partial charge in [-0.1, -0.05) is 19.8 Å². The van der Waals surface area contributed by atoms with Crippen molar-refractivity contribution < 1.29 is 18.0 Å². The van der Waals surface area contributed by atoms with E-state index in [0.717, 1.165) is 19.3 Å². The van der Waals surface area contributed by atoms with Crippen molar-refractivity contribution in [3.8, 4) is 0 Å². The van der Waals surface area contributed by atoms with Gasteiger partial charge in [-0.25, -0.2) is 0 Å². The second-order valence-corrected chi connectivity index (χ2v) is 4.61. The maximum Gasteiger partial charge on any atom is 0.401 e. The Morgan fingerprint density at radius 1 is 1.28 bits per heavy atom. The van der Waals surface area contributed by atoms with Crippen molar-refractivity contribution in [1.29, 1.82) is 0 Å². The average Bonchev–Trinajstić information content (AvgIpc) is 2.21. The molecule has 0 rings (SSSR count). The van der Waals surface area contributed by atoms with Crippen LogP contribution in [-0.4, -0.2) is 42.7 Å². The lowest BCUT2D eigenvalue weighted by atomic mass is 10.2. The molecular weight excluding hydrogens is 245 g/mol. The van der Waals surface area contributed by atoms with E-state index in [1.165, 1.54) is 0 Å². The van der Waals surface area contributed by atoms with Crippen LogP contribution in [0.3, 0.4) is 0 Å². The minimum Gasteiger partial charge on any atom is -0.339 e. The Hall–Kier alpha value is -0.780. The Morgan fingerprint density at radius 2 is 1.89 bits per heavy atom. The second kappa shape index (κ2) is 8.34. The Labute approximate surface area is 107 Å². The minimum absolute atomic E-state index is 0.0158. The fourth-order valence-corrected chi connectivity index (χ4v) is 1.62. The van der Waals surface area contributed by atoms with Crippen molar-refractivity contribution in [3.05, 3.63) is 0 Å². The standard InChI is InChI=1S/C12H23F3N2O/c1-4-5-6-7-17(10(2)3)11(18)8-16-9-12(13,14)15/h10,16H,4-9H2,1-3H3. The molecule has 0 saturated carbocycles. The van der Waals surface area contributed by atoms with Gasteiger partial charge in [0.1, 0.15) is 0 Å². The molecule has 0 aromatic rings. The number of nitrogens with zero attached hydrogens (tertiary/aromatic N) is 1. The maximum absolute atomic E-state index is 11.9. The van der Waals surface area contributed by atoms with Crippen LogP contribution < -0.4 is 5.32 Å². The smallest absolute Gasteiger partial charge is 0.339 e. The van der Waals surface area contributed by atoms with Crippen molar-refractivity contribution in [2.24, 2.45) is 0 Å². The lowest BCUT2D eigenvalue weighted by molar-refractivity contribution is -0.135. The number of alkyl halides is 3. The SMILES string of the molecule is CCCCCN(C(=O)CNCC(F)(F)F)C(C)C. The number of nitrogens with one attached hydrogen (secondary N) is 1. The van der Waals surface area contributed by atoms with Gasteiger partial charge in [0.15, 0.2) is 0 Å². The first-order valence-electron chi connectivity index (χ1n) is 6.35. The van der Waals surface area contributed by atoms with Crippen molar-refractivity contribution in [1.82, 2.24) is 10.2 Å². The highest BCUT2D eigenvalue weighted by atomic mass is 19.4. The lowest BCUT2D eigenvalue weighted by Crippen LogP contribution is -2.44. The first-order valence-corrected chi connectivity index (χ1v) is 6.35. The fraction of sp³-hybridized carbons (Fsp3) is 0.917. The second-order valence-electron chi connectivity index (χ2n) is 4.61. The first kappa shape index (κ1) is 17.2. The minimum atomic E-state index is -4.27. The Morgan fingerprint density at radius 3 is 2.33 bits per heavy atom. The molecule has 0 bridgehead atoms. The van der Waals surface area contributed by atoms with Gasteiger partial charge in [0.25, 0.3) is 0 Å². The van der Waals surface area contributed by atoms with E-state index >= 15 is 0 Å². The Bertz CT molecular complexity index is 242. The zero-order valence-corrected chi connectivity index (χ0v) is 11.3. The van der Waals surface area contributed by atoms with Crippen molar-refractivity contribution in [3.63, 3.8) is 0 Å². The van der Waals surface area contributed by atoms with Gasteiger partial charge in [0.05, 0.1) is 13.1 Å². The highest BCUT2D eigenvalue weighted by Crippen LogP contribution is 2.12. The largest absolute Gasteiger partial charge is 0.401 e. The zero-order valence-electron chi connectivity index (χ0n) is 11.3. The number of hydrogen-bond acceptors (Lipinski definition) is 2. The molecule has 0 spiro atoms.